The van der Waals surface area contributed by atoms with E-state index in [9.17, 15) is 4.79 Å². The second kappa shape index (κ2) is 4.74. The molecule has 2 fully saturated rings. The van der Waals surface area contributed by atoms with Crippen LogP contribution in [0.5, 0.6) is 0 Å². The number of carbonyl (C=O) groups is 1. The summed E-state index contributed by atoms with van der Waals surface area (Å²) in [5.41, 5.74) is 0. The van der Waals surface area contributed by atoms with Crippen molar-refractivity contribution in [3.63, 3.8) is 0 Å². The van der Waals surface area contributed by atoms with Gasteiger partial charge in [-0.1, -0.05) is 26.7 Å². The van der Waals surface area contributed by atoms with Crippen molar-refractivity contribution in [2.24, 2.45) is 5.92 Å². The second-order valence-corrected chi connectivity index (χ2v) is 5.40. The summed E-state index contributed by atoms with van der Waals surface area (Å²) in [6, 6.07) is 0.560. The van der Waals surface area contributed by atoms with E-state index in [0.29, 0.717) is 17.9 Å². The van der Waals surface area contributed by atoms with E-state index in [1.807, 2.05) is 0 Å². The van der Waals surface area contributed by atoms with E-state index >= 15 is 0 Å². The van der Waals surface area contributed by atoms with Gasteiger partial charge in [0.05, 0.1) is 12.2 Å². The summed E-state index contributed by atoms with van der Waals surface area (Å²) < 4.78 is 0. The van der Waals surface area contributed by atoms with Crippen LogP contribution in [0.2, 0.25) is 0 Å². The Labute approximate surface area is 98.6 Å². The number of carbonyl (C=O) groups excluding carboxylic acids is 1. The lowest BCUT2D eigenvalue weighted by Gasteiger charge is -2.31. The number of hydrogen-bond donors (Lipinski definition) is 1. The molecule has 2 aliphatic rings. The number of amides is 1. The van der Waals surface area contributed by atoms with E-state index in [2.05, 4.69) is 31.0 Å². The molecule has 1 aliphatic heterocycles. The van der Waals surface area contributed by atoms with E-state index < -0.39 is 0 Å². The molecule has 4 unspecified atom stereocenters. The normalized spacial score (nSPS) is 39.7. The number of rotatable bonds is 3. The van der Waals surface area contributed by atoms with E-state index in [-0.39, 0.29) is 12.2 Å². The first-order chi connectivity index (χ1) is 7.65. The molecule has 0 aromatic carbocycles. The highest BCUT2D eigenvalue weighted by atomic mass is 16.2. The number of nitrogens with one attached hydrogen (secondary N) is 1. The summed E-state index contributed by atoms with van der Waals surface area (Å²) in [6.07, 6.45) is 6.03. The van der Waals surface area contributed by atoms with Crippen LogP contribution in [-0.4, -0.2) is 29.1 Å². The Kier molecular flexibility index (Phi) is 3.53. The Balaban J connectivity index is 2.06. The van der Waals surface area contributed by atoms with Crippen molar-refractivity contribution in [2.75, 3.05) is 0 Å². The molecule has 16 heavy (non-hydrogen) atoms. The molecule has 1 saturated heterocycles. The Morgan fingerprint density at radius 1 is 1.38 bits per heavy atom. The van der Waals surface area contributed by atoms with Crippen LogP contribution < -0.4 is 5.32 Å². The molecule has 0 spiro atoms. The first-order valence-corrected chi connectivity index (χ1v) is 6.73. The molecule has 3 heteroatoms. The first kappa shape index (κ1) is 11.9. The zero-order chi connectivity index (χ0) is 11.7. The zero-order valence-electron chi connectivity index (χ0n) is 10.7. The maximum atomic E-state index is 12.3. The summed E-state index contributed by atoms with van der Waals surface area (Å²) in [5, 5.41) is 3.43. The van der Waals surface area contributed by atoms with Crippen molar-refractivity contribution in [1.82, 2.24) is 10.2 Å². The maximum Gasteiger partial charge on any atom is 0.241 e. The van der Waals surface area contributed by atoms with Crippen molar-refractivity contribution < 1.29 is 4.79 Å². The second-order valence-electron chi connectivity index (χ2n) is 5.40. The molecule has 0 aromatic rings. The highest BCUT2D eigenvalue weighted by molar-refractivity contribution is 5.84. The molecule has 1 N–H and O–H groups in total. The summed E-state index contributed by atoms with van der Waals surface area (Å²) in [6.45, 7) is 6.55. The molecule has 1 amide bonds. The van der Waals surface area contributed by atoms with Crippen LogP contribution in [0.25, 0.3) is 0 Å². The van der Waals surface area contributed by atoms with Gasteiger partial charge in [0.25, 0.3) is 0 Å². The van der Waals surface area contributed by atoms with Crippen LogP contribution in [0.1, 0.15) is 52.9 Å². The van der Waals surface area contributed by atoms with Gasteiger partial charge in [-0.05, 0) is 32.1 Å². The Hall–Kier alpha value is -0.570. The van der Waals surface area contributed by atoms with Crippen molar-refractivity contribution in [3.8, 4) is 0 Å². The van der Waals surface area contributed by atoms with Gasteiger partial charge in [-0.15, -0.1) is 0 Å². The third-order valence-electron chi connectivity index (χ3n) is 4.16. The van der Waals surface area contributed by atoms with Crippen LogP contribution in [0, 0.1) is 5.92 Å². The predicted octanol–water partition coefficient (Wildman–Crippen LogP) is 2.12. The smallest absolute Gasteiger partial charge is 0.241 e. The fraction of sp³-hybridized carbons (Fsp3) is 0.923. The molecule has 3 nitrogen and oxygen atoms in total. The van der Waals surface area contributed by atoms with Gasteiger partial charge in [0.2, 0.25) is 5.91 Å². The molecule has 4 atom stereocenters. The van der Waals surface area contributed by atoms with Crippen molar-refractivity contribution in [3.05, 3.63) is 0 Å². The molecule has 92 valence electrons. The largest absolute Gasteiger partial charge is 0.323 e. The zero-order valence-corrected chi connectivity index (χ0v) is 10.7. The number of hydrogen-bond acceptors (Lipinski definition) is 2. The Morgan fingerprint density at radius 3 is 2.69 bits per heavy atom. The monoisotopic (exact) mass is 224 g/mol. The minimum absolute atomic E-state index is 0.0767. The van der Waals surface area contributed by atoms with Gasteiger partial charge in [-0.2, -0.15) is 0 Å². The molecule has 0 aromatic heterocycles. The average Bonchev–Trinajstić information content (AvgIpc) is 2.74. The van der Waals surface area contributed by atoms with E-state index in [1.165, 1.54) is 19.3 Å². The SMILES string of the molecule is CCCC1NC(C)N(C2CCCC2C)C1=O. The van der Waals surface area contributed by atoms with Crippen molar-refractivity contribution >= 4 is 5.91 Å². The van der Waals surface area contributed by atoms with Crippen LogP contribution in [0.4, 0.5) is 0 Å². The lowest BCUT2D eigenvalue weighted by atomic mass is 10.0. The van der Waals surface area contributed by atoms with Gasteiger partial charge in [0.15, 0.2) is 0 Å². The van der Waals surface area contributed by atoms with Crippen molar-refractivity contribution in [2.45, 2.75) is 71.1 Å². The van der Waals surface area contributed by atoms with Crippen LogP contribution >= 0.6 is 0 Å². The van der Waals surface area contributed by atoms with Gasteiger partial charge >= 0.3 is 0 Å². The minimum atomic E-state index is 0.0767. The summed E-state index contributed by atoms with van der Waals surface area (Å²) in [7, 11) is 0. The van der Waals surface area contributed by atoms with E-state index in [1.54, 1.807) is 0 Å². The standard InChI is InChI=1S/C13H24N2O/c1-4-6-11-13(16)15(10(3)14-11)12-8-5-7-9(12)2/h9-12,14H,4-8H2,1-3H3. The summed E-state index contributed by atoms with van der Waals surface area (Å²) in [5.74, 6) is 1.02. The lowest BCUT2D eigenvalue weighted by Crippen LogP contribution is -2.44. The fourth-order valence-corrected chi connectivity index (χ4v) is 3.30. The van der Waals surface area contributed by atoms with Gasteiger partial charge < -0.3 is 4.90 Å². The van der Waals surface area contributed by atoms with Crippen LogP contribution in [0.3, 0.4) is 0 Å². The summed E-state index contributed by atoms with van der Waals surface area (Å²) in [4.78, 5) is 14.4. The Morgan fingerprint density at radius 2 is 2.12 bits per heavy atom. The van der Waals surface area contributed by atoms with Gasteiger partial charge in [0, 0.05) is 6.04 Å². The van der Waals surface area contributed by atoms with Crippen molar-refractivity contribution in [1.29, 1.82) is 0 Å². The molecule has 1 aliphatic carbocycles. The highest BCUT2D eigenvalue weighted by Crippen LogP contribution is 2.32. The third kappa shape index (κ3) is 1.97. The van der Waals surface area contributed by atoms with Gasteiger partial charge in [-0.25, -0.2) is 0 Å². The average molecular weight is 224 g/mol. The predicted molar refractivity (Wildman–Crippen MR) is 64.9 cm³/mol. The van der Waals surface area contributed by atoms with Gasteiger partial charge in [-0.3, -0.25) is 10.1 Å². The molecule has 0 radical (unpaired) electrons. The van der Waals surface area contributed by atoms with Gasteiger partial charge in [0.1, 0.15) is 0 Å². The quantitative estimate of drug-likeness (QED) is 0.796. The van der Waals surface area contributed by atoms with Crippen LogP contribution in [-0.2, 0) is 4.79 Å². The molecule has 0 bridgehead atoms. The third-order valence-corrected chi connectivity index (χ3v) is 4.16. The lowest BCUT2D eigenvalue weighted by molar-refractivity contribution is -0.132. The Bertz CT molecular complexity index is 267. The molecule has 1 saturated carbocycles. The van der Waals surface area contributed by atoms with E-state index in [4.69, 9.17) is 0 Å². The molecule has 1 heterocycles. The number of nitrogens with zero attached hydrogens (tertiary/aromatic N) is 1. The van der Waals surface area contributed by atoms with E-state index in [0.717, 1.165) is 12.8 Å². The highest BCUT2D eigenvalue weighted by Gasteiger charge is 2.42. The molecule has 2 rings (SSSR count). The summed E-state index contributed by atoms with van der Waals surface area (Å²) >= 11 is 0. The van der Waals surface area contributed by atoms with Crippen LogP contribution in [0.15, 0.2) is 0 Å². The fourth-order valence-electron chi connectivity index (χ4n) is 3.30. The minimum Gasteiger partial charge on any atom is -0.323 e. The maximum absolute atomic E-state index is 12.3. The molecular formula is C13H24N2O. The topological polar surface area (TPSA) is 32.3 Å². The first-order valence-electron chi connectivity index (χ1n) is 6.73. The molecular weight excluding hydrogens is 200 g/mol.